The van der Waals surface area contributed by atoms with Gasteiger partial charge < -0.3 is 5.32 Å². The summed E-state index contributed by atoms with van der Waals surface area (Å²) in [4.78, 5) is 18.5. The standard InChI is InChI=1S/C7H6Cl3N3O/c8-2-1-6(14)12-5-3-4(9)11-7(10)13-5/h3H,1-2H2,(H,11,12,13,14). The van der Waals surface area contributed by atoms with Gasteiger partial charge in [0.05, 0.1) is 0 Å². The highest BCUT2D eigenvalue weighted by Gasteiger charge is 2.05. The predicted octanol–water partition coefficient (Wildman–Crippen LogP) is 2.35. The van der Waals surface area contributed by atoms with Crippen LogP contribution in [0.1, 0.15) is 6.42 Å². The number of alkyl halides is 1. The highest BCUT2D eigenvalue weighted by atomic mass is 35.5. The highest BCUT2D eigenvalue weighted by molar-refractivity contribution is 6.32. The highest BCUT2D eigenvalue weighted by Crippen LogP contribution is 2.14. The van der Waals surface area contributed by atoms with Crippen molar-refractivity contribution in [3.05, 3.63) is 16.5 Å². The van der Waals surface area contributed by atoms with E-state index in [2.05, 4.69) is 15.3 Å². The average molecular weight is 255 g/mol. The smallest absolute Gasteiger partial charge is 0.226 e. The Morgan fingerprint density at radius 3 is 2.71 bits per heavy atom. The van der Waals surface area contributed by atoms with E-state index in [-0.39, 0.29) is 34.5 Å². The molecule has 0 saturated heterocycles. The predicted molar refractivity (Wildman–Crippen MR) is 56.0 cm³/mol. The molecule has 0 aliphatic rings. The van der Waals surface area contributed by atoms with E-state index in [1.807, 2.05) is 0 Å². The number of hydrogen-bond donors (Lipinski definition) is 1. The molecule has 0 bridgehead atoms. The number of hydrogen-bond acceptors (Lipinski definition) is 3. The zero-order valence-electron chi connectivity index (χ0n) is 6.93. The van der Waals surface area contributed by atoms with Crippen molar-refractivity contribution in [3.63, 3.8) is 0 Å². The second-order valence-electron chi connectivity index (χ2n) is 2.33. The molecule has 1 amide bonds. The second kappa shape index (κ2) is 5.34. The first-order valence-corrected chi connectivity index (χ1v) is 4.97. The van der Waals surface area contributed by atoms with E-state index in [0.717, 1.165) is 0 Å². The number of rotatable bonds is 3. The Morgan fingerprint density at radius 2 is 2.14 bits per heavy atom. The van der Waals surface area contributed by atoms with E-state index in [1.54, 1.807) is 0 Å². The van der Waals surface area contributed by atoms with E-state index < -0.39 is 0 Å². The van der Waals surface area contributed by atoms with Gasteiger partial charge in [-0.15, -0.1) is 11.6 Å². The topological polar surface area (TPSA) is 54.9 Å². The molecule has 0 unspecified atom stereocenters. The van der Waals surface area contributed by atoms with Gasteiger partial charge in [-0.1, -0.05) is 11.6 Å². The number of nitrogens with one attached hydrogen (secondary N) is 1. The molecule has 1 heterocycles. The Labute approximate surface area is 95.6 Å². The fourth-order valence-electron chi connectivity index (χ4n) is 0.745. The number of carbonyl (C=O) groups excluding carboxylic acids is 1. The molecule has 1 aromatic rings. The number of carbonyl (C=O) groups is 1. The molecule has 14 heavy (non-hydrogen) atoms. The third-order valence-electron chi connectivity index (χ3n) is 1.26. The molecular formula is C7H6Cl3N3O. The lowest BCUT2D eigenvalue weighted by atomic mass is 10.4. The van der Waals surface area contributed by atoms with Gasteiger partial charge >= 0.3 is 0 Å². The molecule has 1 N–H and O–H groups in total. The normalized spacial score (nSPS) is 9.93. The third-order valence-corrected chi connectivity index (χ3v) is 1.81. The molecule has 76 valence electrons. The van der Waals surface area contributed by atoms with E-state index >= 15 is 0 Å². The van der Waals surface area contributed by atoms with Crippen LogP contribution in [0.4, 0.5) is 5.82 Å². The van der Waals surface area contributed by atoms with Crippen molar-refractivity contribution in [1.29, 1.82) is 0 Å². The van der Waals surface area contributed by atoms with Gasteiger partial charge in [-0.25, -0.2) is 9.97 Å². The summed E-state index contributed by atoms with van der Waals surface area (Å²) in [6, 6.07) is 1.40. The van der Waals surface area contributed by atoms with Crippen LogP contribution in [-0.4, -0.2) is 21.8 Å². The van der Waals surface area contributed by atoms with Gasteiger partial charge in [0.15, 0.2) is 0 Å². The van der Waals surface area contributed by atoms with Crippen molar-refractivity contribution in [2.75, 3.05) is 11.2 Å². The molecule has 1 rings (SSSR count). The maximum atomic E-state index is 11.1. The van der Waals surface area contributed by atoms with Gasteiger partial charge in [0, 0.05) is 18.4 Å². The van der Waals surface area contributed by atoms with Crippen LogP contribution in [0.3, 0.4) is 0 Å². The van der Waals surface area contributed by atoms with Crippen molar-refractivity contribution >= 4 is 46.5 Å². The van der Waals surface area contributed by atoms with Crippen LogP contribution in [0.2, 0.25) is 10.4 Å². The van der Waals surface area contributed by atoms with Crippen LogP contribution in [0.25, 0.3) is 0 Å². The first-order chi connectivity index (χ1) is 6.61. The molecule has 0 atom stereocenters. The fraction of sp³-hybridized carbons (Fsp3) is 0.286. The number of aromatic nitrogens is 2. The van der Waals surface area contributed by atoms with Crippen molar-refractivity contribution in [2.45, 2.75) is 6.42 Å². The Kier molecular flexibility index (Phi) is 4.38. The fourth-order valence-corrected chi connectivity index (χ4v) is 1.33. The summed E-state index contributed by atoms with van der Waals surface area (Å²) in [6.07, 6.45) is 0.209. The SMILES string of the molecule is O=C(CCCl)Nc1cc(Cl)nc(Cl)n1. The van der Waals surface area contributed by atoms with Crippen molar-refractivity contribution < 1.29 is 4.79 Å². The van der Waals surface area contributed by atoms with Gasteiger partial charge in [-0.2, -0.15) is 0 Å². The summed E-state index contributed by atoms with van der Waals surface area (Å²) >= 11 is 16.5. The van der Waals surface area contributed by atoms with Gasteiger partial charge in [0.2, 0.25) is 11.2 Å². The lowest BCUT2D eigenvalue weighted by Gasteiger charge is -2.02. The molecule has 0 aromatic carbocycles. The van der Waals surface area contributed by atoms with Crippen LogP contribution in [0.15, 0.2) is 6.07 Å². The van der Waals surface area contributed by atoms with Crippen LogP contribution in [-0.2, 0) is 4.79 Å². The van der Waals surface area contributed by atoms with Crippen LogP contribution >= 0.6 is 34.8 Å². The van der Waals surface area contributed by atoms with Crippen LogP contribution < -0.4 is 5.32 Å². The van der Waals surface area contributed by atoms with E-state index in [4.69, 9.17) is 34.8 Å². The molecular weight excluding hydrogens is 248 g/mol. The van der Waals surface area contributed by atoms with Gasteiger partial charge in [0.1, 0.15) is 11.0 Å². The number of anilines is 1. The maximum Gasteiger partial charge on any atom is 0.226 e. The number of amides is 1. The van der Waals surface area contributed by atoms with E-state index in [0.29, 0.717) is 0 Å². The monoisotopic (exact) mass is 253 g/mol. The van der Waals surface area contributed by atoms with Gasteiger partial charge in [-0.3, -0.25) is 4.79 Å². The third kappa shape index (κ3) is 3.65. The molecule has 0 radical (unpaired) electrons. The molecule has 0 spiro atoms. The Balaban J connectivity index is 2.71. The van der Waals surface area contributed by atoms with Crippen molar-refractivity contribution in [1.82, 2.24) is 9.97 Å². The molecule has 0 fully saturated rings. The lowest BCUT2D eigenvalue weighted by molar-refractivity contribution is -0.115. The molecule has 0 saturated carbocycles. The minimum Gasteiger partial charge on any atom is -0.310 e. The maximum absolute atomic E-state index is 11.1. The van der Waals surface area contributed by atoms with Crippen LogP contribution in [0.5, 0.6) is 0 Å². The Morgan fingerprint density at radius 1 is 1.43 bits per heavy atom. The Bertz CT molecular complexity index is 325. The minimum atomic E-state index is -0.245. The zero-order valence-corrected chi connectivity index (χ0v) is 9.20. The summed E-state index contributed by atoms with van der Waals surface area (Å²) in [5, 5.41) is 2.64. The van der Waals surface area contributed by atoms with E-state index in [1.165, 1.54) is 6.07 Å². The number of halogens is 3. The summed E-state index contributed by atoms with van der Waals surface area (Å²) < 4.78 is 0. The quantitative estimate of drug-likeness (QED) is 0.512. The molecule has 7 heteroatoms. The first-order valence-electron chi connectivity index (χ1n) is 3.67. The van der Waals surface area contributed by atoms with Gasteiger partial charge in [-0.05, 0) is 11.6 Å². The summed E-state index contributed by atoms with van der Waals surface area (Å²) in [5.41, 5.74) is 0. The van der Waals surface area contributed by atoms with Crippen molar-refractivity contribution in [2.24, 2.45) is 0 Å². The largest absolute Gasteiger partial charge is 0.310 e. The Hall–Kier alpha value is -0.580. The zero-order chi connectivity index (χ0) is 10.6. The second-order valence-corrected chi connectivity index (χ2v) is 3.44. The average Bonchev–Trinajstić information content (AvgIpc) is 2.01. The summed E-state index contributed by atoms with van der Waals surface area (Å²) in [6.45, 7) is 0. The first kappa shape index (κ1) is 11.5. The van der Waals surface area contributed by atoms with Crippen molar-refractivity contribution in [3.8, 4) is 0 Å². The molecule has 4 nitrogen and oxygen atoms in total. The van der Waals surface area contributed by atoms with E-state index in [9.17, 15) is 4.79 Å². The lowest BCUT2D eigenvalue weighted by Crippen LogP contribution is -2.13. The molecule has 1 aromatic heterocycles. The minimum absolute atomic E-state index is 0.0151. The molecule has 0 aliphatic heterocycles. The summed E-state index contributed by atoms with van der Waals surface area (Å²) in [5.74, 6) is 0.272. The number of nitrogens with zero attached hydrogens (tertiary/aromatic N) is 2. The summed E-state index contributed by atoms with van der Waals surface area (Å²) in [7, 11) is 0. The van der Waals surface area contributed by atoms with Crippen LogP contribution in [0, 0.1) is 0 Å². The molecule has 0 aliphatic carbocycles. The van der Waals surface area contributed by atoms with Gasteiger partial charge in [0.25, 0.3) is 0 Å².